The molecule has 1 aromatic carbocycles. The molecule has 144 valence electrons. The monoisotopic (exact) mass is 399 g/mol. The molecule has 0 saturated heterocycles. The first kappa shape index (κ1) is 22.2. The lowest BCUT2D eigenvalue weighted by Gasteiger charge is -2.21. The van der Waals surface area contributed by atoms with Crippen LogP contribution in [0.25, 0.3) is 0 Å². The summed E-state index contributed by atoms with van der Waals surface area (Å²) in [5.41, 5.74) is 1.17. The maximum absolute atomic E-state index is 12.1. The van der Waals surface area contributed by atoms with Gasteiger partial charge in [-0.25, -0.2) is 18.2 Å². The molecule has 26 heavy (non-hydrogen) atoms. The normalized spacial score (nSPS) is 11.7. The summed E-state index contributed by atoms with van der Waals surface area (Å²) in [5.74, 6) is 0.431. The van der Waals surface area contributed by atoms with Crippen LogP contribution in [0, 0.1) is 0 Å². The third kappa shape index (κ3) is 7.17. The van der Waals surface area contributed by atoms with Crippen molar-refractivity contribution in [2.75, 3.05) is 20.4 Å². The number of nitrogens with zero attached hydrogens (tertiary/aromatic N) is 3. The second-order valence-corrected chi connectivity index (χ2v) is 8.65. The van der Waals surface area contributed by atoms with E-state index in [-0.39, 0.29) is 5.41 Å². The van der Waals surface area contributed by atoms with Crippen molar-refractivity contribution < 1.29 is 19.2 Å². The molecule has 7 nitrogen and oxygen atoms in total. The van der Waals surface area contributed by atoms with Crippen LogP contribution in [0.5, 0.6) is 5.75 Å². The van der Waals surface area contributed by atoms with Crippen LogP contribution in [-0.4, -0.2) is 46.2 Å². The highest BCUT2D eigenvalue weighted by Crippen LogP contribution is 2.25. The van der Waals surface area contributed by atoms with E-state index in [4.69, 9.17) is 9.57 Å². The standard InChI is InChI=1S/C17H25N3O4S2/c1-12(25-7)18-24-16(22)20(6)26-19(5)15(21)23-14-10-8-13(9-11-14)17(2,3)4/h8-11H,1-7H3/b18-12-. The number of amides is 2. The van der Waals surface area contributed by atoms with Crippen LogP contribution in [0.3, 0.4) is 0 Å². The summed E-state index contributed by atoms with van der Waals surface area (Å²) in [6.45, 7) is 8.05. The largest absolute Gasteiger partial charge is 0.447 e. The number of rotatable bonds is 4. The molecule has 0 atom stereocenters. The minimum atomic E-state index is -0.697. The van der Waals surface area contributed by atoms with Gasteiger partial charge >= 0.3 is 12.2 Å². The number of ether oxygens (including phenoxy) is 1. The molecular formula is C17H25N3O4S2. The van der Waals surface area contributed by atoms with Gasteiger partial charge in [-0.2, -0.15) is 0 Å². The fourth-order valence-corrected chi connectivity index (χ4v) is 2.32. The van der Waals surface area contributed by atoms with E-state index in [1.54, 1.807) is 19.1 Å². The Morgan fingerprint density at radius 3 is 2.08 bits per heavy atom. The summed E-state index contributed by atoms with van der Waals surface area (Å²) in [7, 11) is 2.97. The fourth-order valence-electron chi connectivity index (χ4n) is 1.64. The van der Waals surface area contributed by atoms with Crippen molar-refractivity contribution in [1.82, 2.24) is 8.61 Å². The Bertz CT molecular complexity index is 657. The molecule has 0 heterocycles. The van der Waals surface area contributed by atoms with Gasteiger partial charge in [-0.15, -0.1) is 11.8 Å². The van der Waals surface area contributed by atoms with Crippen molar-refractivity contribution in [1.29, 1.82) is 0 Å². The van der Waals surface area contributed by atoms with Crippen LogP contribution in [0.2, 0.25) is 0 Å². The Morgan fingerprint density at radius 2 is 1.58 bits per heavy atom. The molecule has 0 unspecified atom stereocenters. The molecule has 0 saturated carbocycles. The van der Waals surface area contributed by atoms with Crippen molar-refractivity contribution >= 4 is 41.1 Å². The Hall–Kier alpha value is -1.87. The summed E-state index contributed by atoms with van der Waals surface area (Å²) in [6, 6.07) is 7.33. The Balaban J connectivity index is 2.58. The van der Waals surface area contributed by atoms with E-state index in [1.807, 2.05) is 18.4 Å². The summed E-state index contributed by atoms with van der Waals surface area (Å²) in [5, 5.41) is 4.27. The van der Waals surface area contributed by atoms with Crippen molar-refractivity contribution in [3.8, 4) is 5.75 Å². The Morgan fingerprint density at radius 1 is 1.04 bits per heavy atom. The molecule has 0 aliphatic carbocycles. The molecule has 0 aliphatic heterocycles. The zero-order valence-electron chi connectivity index (χ0n) is 16.1. The molecule has 0 N–H and O–H groups in total. The van der Waals surface area contributed by atoms with Crippen molar-refractivity contribution in [2.24, 2.45) is 5.16 Å². The van der Waals surface area contributed by atoms with Crippen LogP contribution in [-0.2, 0) is 10.3 Å². The summed E-state index contributed by atoms with van der Waals surface area (Å²) >= 11 is 2.21. The van der Waals surface area contributed by atoms with E-state index in [1.165, 1.54) is 30.2 Å². The number of carbonyl (C=O) groups excluding carboxylic acids is 2. The molecule has 0 aromatic heterocycles. The molecule has 2 amide bonds. The highest BCUT2D eigenvalue weighted by atomic mass is 32.2. The zero-order valence-corrected chi connectivity index (χ0v) is 17.7. The number of thioether (sulfide) groups is 1. The van der Waals surface area contributed by atoms with Gasteiger partial charge in [0.2, 0.25) is 0 Å². The smallest absolute Gasteiger partial charge is 0.410 e. The molecular weight excluding hydrogens is 374 g/mol. The van der Waals surface area contributed by atoms with Crippen molar-refractivity contribution in [3.63, 3.8) is 0 Å². The Labute approximate surface area is 163 Å². The molecule has 0 fully saturated rings. The van der Waals surface area contributed by atoms with E-state index in [2.05, 4.69) is 25.9 Å². The summed E-state index contributed by atoms with van der Waals surface area (Å²) in [6.07, 6.45) is 0.516. The van der Waals surface area contributed by atoms with E-state index >= 15 is 0 Å². The quantitative estimate of drug-likeness (QED) is 0.239. The highest BCUT2D eigenvalue weighted by molar-refractivity contribution is 8.13. The van der Waals surface area contributed by atoms with Crippen LogP contribution < -0.4 is 4.74 Å². The van der Waals surface area contributed by atoms with Gasteiger partial charge in [0.05, 0.1) is 12.1 Å². The van der Waals surface area contributed by atoms with Gasteiger partial charge in [0, 0.05) is 14.1 Å². The molecule has 0 aliphatic rings. The fraction of sp³-hybridized carbons (Fsp3) is 0.471. The van der Waals surface area contributed by atoms with Gasteiger partial charge in [0.25, 0.3) is 0 Å². The van der Waals surface area contributed by atoms with Gasteiger partial charge < -0.3 is 4.74 Å². The molecule has 1 rings (SSSR count). The van der Waals surface area contributed by atoms with E-state index < -0.39 is 12.2 Å². The minimum Gasteiger partial charge on any atom is -0.410 e. The third-order valence-corrected chi connectivity index (χ3v) is 4.69. The summed E-state index contributed by atoms with van der Waals surface area (Å²) < 4.78 is 7.62. The predicted octanol–water partition coefficient (Wildman–Crippen LogP) is 4.74. The van der Waals surface area contributed by atoms with Gasteiger partial charge in [0.15, 0.2) is 0 Å². The maximum Gasteiger partial charge on any atom is 0.447 e. The van der Waals surface area contributed by atoms with Crippen LogP contribution in [0.15, 0.2) is 29.4 Å². The van der Waals surface area contributed by atoms with Crippen LogP contribution in [0.4, 0.5) is 9.59 Å². The lowest BCUT2D eigenvalue weighted by Crippen LogP contribution is -2.30. The van der Waals surface area contributed by atoms with E-state index in [9.17, 15) is 9.59 Å². The average Bonchev–Trinajstić information content (AvgIpc) is 2.58. The highest BCUT2D eigenvalue weighted by Gasteiger charge is 2.20. The first-order chi connectivity index (χ1) is 12.0. The lowest BCUT2D eigenvalue weighted by molar-refractivity contribution is 0.136. The van der Waals surface area contributed by atoms with Gasteiger partial charge in [-0.05, 0) is 36.3 Å². The number of hydrogen-bond donors (Lipinski definition) is 0. The second-order valence-electron chi connectivity index (χ2n) is 6.39. The van der Waals surface area contributed by atoms with Crippen molar-refractivity contribution in [3.05, 3.63) is 29.8 Å². The third-order valence-electron chi connectivity index (χ3n) is 3.23. The van der Waals surface area contributed by atoms with Gasteiger partial charge in [-0.3, -0.25) is 4.84 Å². The number of benzene rings is 1. The molecule has 1 aromatic rings. The molecule has 0 radical (unpaired) electrons. The van der Waals surface area contributed by atoms with Crippen LogP contribution >= 0.6 is 23.9 Å². The number of hydrogen-bond acceptors (Lipinski definition) is 7. The Kier molecular flexibility index (Phi) is 8.29. The summed E-state index contributed by atoms with van der Waals surface area (Å²) in [4.78, 5) is 28.7. The van der Waals surface area contributed by atoms with E-state index in [0.29, 0.717) is 10.8 Å². The molecule has 0 spiro atoms. The SMILES string of the molecule is CS/C(C)=N\OC(=O)N(C)SN(C)C(=O)Oc1ccc(C(C)(C)C)cc1. The van der Waals surface area contributed by atoms with Gasteiger partial charge in [-0.1, -0.05) is 38.1 Å². The first-order valence-electron chi connectivity index (χ1n) is 7.82. The van der Waals surface area contributed by atoms with Crippen LogP contribution in [0.1, 0.15) is 33.3 Å². The molecule has 0 bridgehead atoms. The lowest BCUT2D eigenvalue weighted by atomic mass is 9.87. The topological polar surface area (TPSA) is 71.4 Å². The second kappa shape index (κ2) is 9.72. The average molecular weight is 400 g/mol. The first-order valence-corrected chi connectivity index (χ1v) is 9.77. The minimum absolute atomic E-state index is 0.0232. The van der Waals surface area contributed by atoms with E-state index in [0.717, 1.165) is 22.0 Å². The molecule has 9 heteroatoms. The number of carbonyl (C=O) groups is 2. The van der Waals surface area contributed by atoms with Crippen molar-refractivity contribution in [2.45, 2.75) is 33.1 Å². The zero-order chi connectivity index (χ0) is 19.9. The van der Waals surface area contributed by atoms with Gasteiger partial charge in [0.1, 0.15) is 10.8 Å². The predicted molar refractivity (Wildman–Crippen MR) is 107 cm³/mol. The number of oxime groups is 1. The maximum atomic E-state index is 12.1.